The van der Waals surface area contributed by atoms with E-state index in [-0.39, 0.29) is 11.9 Å². The summed E-state index contributed by atoms with van der Waals surface area (Å²) in [4.78, 5) is 2.69. The molecule has 3 rings (SSSR count). The van der Waals surface area contributed by atoms with Crippen molar-refractivity contribution in [2.75, 3.05) is 59.7 Å². The van der Waals surface area contributed by atoms with Crippen LogP contribution in [-0.2, 0) is 22.6 Å². The van der Waals surface area contributed by atoms with Crippen LogP contribution in [0.4, 0.5) is 4.39 Å². The molecular formula is C22H34FN3O3+2. The molecule has 1 aliphatic heterocycles. The number of quaternary nitrogens is 2. The lowest BCUT2D eigenvalue weighted by molar-refractivity contribution is -0.935. The van der Waals surface area contributed by atoms with Gasteiger partial charge in [-0.15, -0.1) is 0 Å². The Kier molecular flexibility index (Phi) is 8.64. The van der Waals surface area contributed by atoms with Gasteiger partial charge >= 0.3 is 0 Å². The van der Waals surface area contributed by atoms with Crippen LogP contribution in [0.2, 0.25) is 0 Å². The van der Waals surface area contributed by atoms with E-state index in [9.17, 15) is 9.50 Å². The van der Waals surface area contributed by atoms with E-state index >= 15 is 0 Å². The van der Waals surface area contributed by atoms with Gasteiger partial charge in [-0.25, -0.2) is 4.39 Å². The monoisotopic (exact) mass is 407 g/mol. The molecule has 0 bridgehead atoms. The van der Waals surface area contributed by atoms with Crippen molar-refractivity contribution < 1.29 is 28.8 Å². The topological polar surface area (TPSA) is 52.5 Å². The van der Waals surface area contributed by atoms with Gasteiger partial charge in [0.05, 0.1) is 25.5 Å². The van der Waals surface area contributed by atoms with E-state index in [0.29, 0.717) is 19.7 Å². The minimum Gasteiger partial charge on any atom is -0.382 e. The number of halogens is 1. The summed E-state index contributed by atoms with van der Waals surface area (Å²) in [5.41, 5.74) is 2.11. The van der Waals surface area contributed by atoms with Crippen molar-refractivity contribution in [3.8, 4) is 0 Å². The van der Waals surface area contributed by atoms with Crippen LogP contribution in [-0.4, -0.2) is 75.4 Å². The van der Waals surface area contributed by atoms with Crippen molar-refractivity contribution in [1.29, 1.82) is 0 Å². The van der Waals surface area contributed by atoms with Crippen LogP contribution in [0.1, 0.15) is 11.3 Å². The van der Waals surface area contributed by atoms with Gasteiger partial charge in [0.15, 0.2) is 6.10 Å². The fourth-order valence-corrected chi connectivity index (χ4v) is 3.96. The number of hydrogen-bond acceptors (Lipinski definition) is 3. The lowest BCUT2D eigenvalue weighted by Crippen LogP contribution is -3.17. The number of aliphatic hydroxyl groups is 1. The fourth-order valence-electron chi connectivity index (χ4n) is 3.96. The number of methoxy groups -OCH3 is 1. The van der Waals surface area contributed by atoms with E-state index in [0.717, 1.165) is 51.5 Å². The molecule has 0 radical (unpaired) electrons. The zero-order chi connectivity index (χ0) is 20.5. The third-order valence-corrected chi connectivity index (χ3v) is 5.50. The van der Waals surface area contributed by atoms with Crippen LogP contribution in [0, 0.1) is 5.82 Å². The van der Waals surface area contributed by atoms with Gasteiger partial charge in [0.2, 0.25) is 0 Å². The first-order valence-corrected chi connectivity index (χ1v) is 10.4. The Bertz CT molecular complexity index is 734. The number of aliphatic hydroxyl groups excluding tert-OH is 1. The van der Waals surface area contributed by atoms with Gasteiger partial charge in [-0.1, -0.05) is 12.1 Å². The Balaban J connectivity index is 1.60. The number of nitrogens with one attached hydrogen (secondary N) is 2. The second-order valence-electron chi connectivity index (χ2n) is 7.85. The molecular weight excluding hydrogens is 373 g/mol. The van der Waals surface area contributed by atoms with Crippen LogP contribution in [0.5, 0.6) is 0 Å². The standard InChI is InChI=1S/C22H32FN3O3/c1-28-11-8-25(18-22(27)17-24-9-12-29-13-10-24)16-21-6-3-7-26(21)15-19-4-2-5-20(23)14-19/h2-7,14,22,27H,8-13,15-18H2,1H3/p+2/t22-/m0/s1. The molecule has 1 fully saturated rings. The number of aromatic nitrogens is 1. The zero-order valence-electron chi connectivity index (χ0n) is 17.3. The minimum atomic E-state index is -0.360. The minimum absolute atomic E-state index is 0.211. The summed E-state index contributed by atoms with van der Waals surface area (Å²) in [6.45, 7) is 7.81. The average Bonchev–Trinajstić information content (AvgIpc) is 3.13. The number of hydrogen-bond donors (Lipinski definition) is 3. The van der Waals surface area contributed by atoms with E-state index in [1.807, 2.05) is 18.3 Å². The molecule has 160 valence electrons. The highest BCUT2D eigenvalue weighted by atomic mass is 19.1. The van der Waals surface area contributed by atoms with E-state index < -0.39 is 0 Å². The Hall–Kier alpha value is -1.77. The van der Waals surface area contributed by atoms with E-state index in [4.69, 9.17) is 9.47 Å². The molecule has 1 aromatic carbocycles. The van der Waals surface area contributed by atoms with Crippen molar-refractivity contribution >= 4 is 0 Å². The number of ether oxygens (including phenoxy) is 2. The lowest BCUT2D eigenvalue weighted by Gasteiger charge is -2.27. The predicted octanol–water partition coefficient (Wildman–Crippen LogP) is -1.02. The molecule has 2 atom stereocenters. The highest BCUT2D eigenvalue weighted by molar-refractivity contribution is 5.18. The Morgan fingerprint density at radius 2 is 2.10 bits per heavy atom. The SMILES string of the molecule is COCC[NH+](Cc1cccn1Cc1cccc(F)c1)C[C@@H](O)C[NH+]1CCOCC1. The second-order valence-corrected chi connectivity index (χ2v) is 7.85. The van der Waals surface area contributed by atoms with Crippen LogP contribution < -0.4 is 9.80 Å². The van der Waals surface area contributed by atoms with Crippen molar-refractivity contribution in [1.82, 2.24) is 4.57 Å². The Labute approximate surface area is 172 Å². The number of rotatable bonds is 11. The van der Waals surface area contributed by atoms with Gasteiger partial charge in [0, 0.05) is 19.9 Å². The highest BCUT2D eigenvalue weighted by Gasteiger charge is 2.23. The normalized spacial score (nSPS) is 17.3. The number of benzene rings is 1. The molecule has 29 heavy (non-hydrogen) atoms. The first kappa shape index (κ1) is 21.9. The second kappa shape index (κ2) is 11.4. The van der Waals surface area contributed by atoms with Crippen molar-refractivity contribution in [2.45, 2.75) is 19.2 Å². The first-order valence-electron chi connectivity index (χ1n) is 10.4. The molecule has 0 spiro atoms. The quantitative estimate of drug-likeness (QED) is 0.447. The molecule has 7 heteroatoms. The van der Waals surface area contributed by atoms with Gasteiger partial charge in [-0.05, 0) is 29.8 Å². The van der Waals surface area contributed by atoms with Crippen LogP contribution >= 0.6 is 0 Å². The molecule has 2 aromatic rings. The summed E-state index contributed by atoms with van der Waals surface area (Å²) in [5.74, 6) is -0.211. The van der Waals surface area contributed by atoms with Crippen LogP contribution in [0.15, 0.2) is 42.6 Å². The summed E-state index contributed by atoms with van der Waals surface area (Å²) in [5, 5.41) is 10.7. The molecule has 1 aliphatic rings. The summed E-state index contributed by atoms with van der Waals surface area (Å²) in [6.07, 6.45) is 1.67. The van der Waals surface area contributed by atoms with Crippen LogP contribution in [0.25, 0.3) is 0 Å². The van der Waals surface area contributed by atoms with Gasteiger partial charge < -0.3 is 28.9 Å². The maximum Gasteiger partial charge on any atom is 0.152 e. The molecule has 3 N–H and O–H groups in total. The van der Waals surface area contributed by atoms with Gasteiger partial charge in [-0.2, -0.15) is 0 Å². The molecule has 6 nitrogen and oxygen atoms in total. The molecule has 0 saturated carbocycles. The van der Waals surface area contributed by atoms with Crippen molar-refractivity contribution in [3.05, 3.63) is 59.7 Å². The summed E-state index contributed by atoms with van der Waals surface area (Å²) >= 11 is 0. The van der Waals surface area contributed by atoms with Gasteiger partial charge in [0.25, 0.3) is 0 Å². The average molecular weight is 408 g/mol. The molecule has 0 aliphatic carbocycles. The number of morpholine rings is 1. The van der Waals surface area contributed by atoms with Gasteiger partial charge in [0.1, 0.15) is 45.1 Å². The third-order valence-electron chi connectivity index (χ3n) is 5.50. The number of nitrogens with zero attached hydrogens (tertiary/aromatic N) is 1. The Morgan fingerprint density at radius 1 is 1.28 bits per heavy atom. The Morgan fingerprint density at radius 3 is 2.86 bits per heavy atom. The molecule has 1 unspecified atom stereocenters. The van der Waals surface area contributed by atoms with E-state index in [1.54, 1.807) is 19.2 Å². The maximum atomic E-state index is 13.5. The van der Waals surface area contributed by atoms with Gasteiger partial charge in [-0.3, -0.25) is 0 Å². The molecule has 1 saturated heterocycles. The van der Waals surface area contributed by atoms with E-state index in [1.165, 1.54) is 21.6 Å². The van der Waals surface area contributed by atoms with E-state index in [2.05, 4.69) is 10.6 Å². The maximum absolute atomic E-state index is 13.5. The zero-order valence-corrected chi connectivity index (χ0v) is 17.3. The first-order chi connectivity index (χ1) is 14.1. The van der Waals surface area contributed by atoms with Crippen LogP contribution in [0.3, 0.4) is 0 Å². The summed E-state index contributed by atoms with van der Waals surface area (Å²) in [6, 6.07) is 10.9. The summed E-state index contributed by atoms with van der Waals surface area (Å²) < 4.78 is 26.4. The highest BCUT2D eigenvalue weighted by Crippen LogP contribution is 2.09. The fraction of sp³-hybridized carbons (Fsp3) is 0.545. The molecule has 0 amide bonds. The summed E-state index contributed by atoms with van der Waals surface area (Å²) in [7, 11) is 1.71. The van der Waals surface area contributed by atoms with Crippen molar-refractivity contribution in [3.63, 3.8) is 0 Å². The molecule has 2 heterocycles. The molecule has 1 aromatic heterocycles. The largest absolute Gasteiger partial charge is 0.382 e. The van der Waals surface area contributed by atoms with Crippen molar-refractivity contribution in [2.24, 2.45) is 0 Å². The predicted molar refractivity (Wildman–Crippen MR) is 109 cm³/mol. The third kappa shape index (κ3) is 7.21. The lowest BCUT2D eigenvalue weighted by atomic mass is 10.2. The smallest absolute Gasteiger partial charge is 0.152 e.